The third-order valence-corrected chi connectivity index (χ3v) is 15.1. The van der Waals surface area contributed by atoms with Gasteiger partial charge in [0, 0.05) is 12.8 Å². The van der Waals surface area contributed by atoms with Gasteiger partial charge >= 0.3 is 11.9 Å². The Bertz CT molecular complexity index is 1540. The molecule has 0 spiro atoms. The third-order valence-electron chi connectivity index (χ3n) is 15.1. The molecule has 0 aliphatic carbocycles. The van der Waals surface area contributed by atoms with E-state index in [-0.39, 0.29) is 25.2 Å². The van der Waals surface area contributed by atoms with Crippen LogP contribution in [0.1, 0.15) is 335 Å². The Morgan fingerprint density at radius 2 is 0.537 bits per heavy atom. The number of aliphatic hydroxyl groups excluding tert-OH is 1. The summed E-state index contributed by atoms with van der Waals surface area (Å²) < 4.78 is 10.8. The molecule has 0 saturated heterocycles. The van der Waals surface area contributed by atoms with Gasteiger partial charge in [-0.25, -0.2) is 0 Å². The fraction of sp³-hybridized carbons (Fsp3) is 0.733. The van der Waals surface area contributed by atoms with Gasteiger partial charge in [-0.15, -0.1) is 0 Å². The maximum atomic E-state index is 12.4. The summed E-state index contributed by atoms with van der Waals surface area (Å²) in [5, 5.41) is 9.70. The summed E-state index contributed by atoms with van der Waals surface area (Å²) in [6, 6.07) is 0. The number of rotatable bonds is 63. The fourth-order valence-corrected chi connectivity index (χ4v) is 9.92. The quantitative estimate of drug-likeness (QED) is 0.0373. The topological polar surface area (TPSA) is 72.8 Å². The zero-order valence-electron chi connectivity index (χ0n) is 52.8. The van der Waals surface area contributed by atoms with Crippen molar-refractivity contribution in [3.05, 3.63) is 109 Å². The molecule has 460 valence electrons. The second kappa shape index (κ2) is 69.8. The van der Waals surface area contributed by atoms with Gasteiger partial charge in [-0.3, -0.25) is 9.59 Å². The lowest BCUT2D eigenvalue weighted by molar-refractivity contribution is -0.161. The van der Waals surface area contributed by atoms with E-state index in [1.54, 1.807) is 0 Å². The minimum atomic E-state index is -0.782. The molecule has 0 aromatic carbocycles. The number of esters is 2. The summed E-state index contributed by atoms with van der Waals surface area (Å²) in [7, 11) is 0. The van der Waals surface area contributed by atoms with Crippen LogP contribution < -0.4 is 0 Å². The second-order valence-electron chi connectivity index (χ2n) is 22.9. The zero-order valence-corrected chi connectivity index (χ0v) is 52.8. The molecule has 0 aromatic rings. The van der Waals surface area contributed by atoms with Crippen molar-refractivity contribution >= 4 is 11.9 Å². The molecule has 0 rings (SSSR count). The van der Waals surface area contributed by atoms with Gasteiger partial charge in [-0.05, 0) is 103 Å². The van der Waals surface area contributed by atoms with E-state index < -0.39 is 6.10 Å². The summed E-state index contributed by atoms with van der Waals surface area (Å²) in [6.45, 7) is 4.04. The van der Waals surface area contributed by atoms with Crippen LogP contribution >= 0.6 is 0 Å². The molecule has 0 aromatic heterocycles. The largest absolute Gasteiger partial charge is 0.462 e. The van der Waals surface area contributed by atoms with Crippen LogP contribution in [0.4, 0.5) is 0 Å². The smallest absolute Gasteiger partial charge is 0.306 e. The van der Waals surface area contributed by atoms with Gasteiger partial charge in [0.15, 0.2) is 6.10 Å². The van der Waals surface area contributed by atoms with E-state index in [9.17, 15) is 14.7 Å². The van der Waals surface area contributed by atoms with Crippen molar-refractivity contribution in [3.63, 3.8) is 0 Å². The molecule has 0 heterocycles. The summed E-state index contributed by atoms with van der Waals surface area (Å²) in [5.41, 5.74) is 0. The van der Waals surface area contributed by atoms with Crippen molar-refractivity contribution in [1.29, 1.82) is 0 Å². The number of hydrogen-bond acceptors (Lipinski definition) is 5. The monoisotopic (exact) mass is 1110 g/mol. The predicted octanol–water partition coefficient (Wildman–Crippen LogP) is 24.0. The van der Waals surface area contributed by atoms with Crippen molar-refractivity contribution in [2.24, 2.45) is 0 Å². The SMILES string of the molecule is CC/C=C\C/C=C\C/C=C\C/C=C\C/C=C\C/C=C\C/C=C\CCCCCCCCCCCC(=O)OC(CO)COC(=O)CCCCCCCCCCCCCCCCCCCCCCCCC/C=C\C/C=C\CCCCCCC. The van der Waals surface area contributed by atoms with Crippen LogP contribution in [-0.2, 0) is 19.1 Å². The van der Waals surface area contributed by atoms with Gasteiger partial charge in [0.05, 0.1) is 6.61 Å². The van der Waals surface area contributed by atoms with Crippen LogP contribution in [0.5, 0.6) is 0 Å². The molecule has 0 radical (unpaired) electrons. The number of carbonyl (C=O) groups excluding carboxylic acids is 2. The van der Waals surface area contributed by atoms with Gasteiger partial charge in [0.25, 0.3) is 0 Å². The lowest BCUT2D eigenvalue weighted by Crippen LogP contribution is -2.28. The molecule has 1 atom stereocenters. The van der Waals surface area contributed by atoms with Crippen molar-refractivity contribution in [2.75, 3.05) is 13.2 Å². The van der Waals surface area contributed by atoms with Crippen LogP contribution in [0.25, 0.3) is 0 Å². The molecule has 5 heteroatoms. The van der Waals surface area contributed by atoms with E-state index in [4.69, 9.17) is 9.47 Å². The number of carbonyl (C=O) groups is 2. The number of hydrogen-bond donors (Lipinski definition) is 1. The third kappa shape index (κ3) is 67.1. The van der Waals surface area contributed by atoms with Crippen molar-refractivity contribution < 1.29 is 24.2 Å². The molecule has 80 heavy (non-hydrogen) atoms. The molecule has 1 N–H and O–H groups in total. The van der Waals surface area contributed by atoms with Crippen LogP contribution in [0.2, 0.25) is 0 Å². The van der Waals surface area contributed by atoms with Crippen molar-refractivity contribution in [2.45, 2.75) is 341 Å². The Balaban J connectivity index is 3.47. The average Bonchev–Trinajstić information content (AvgIpc) is 3.46. The van der Waals surface area contributed by atoms with Gasteiger partial charge in [-0.2, -0.15) is 0 Å². The van der Waals surface area contributed by atoms with Gasteiger partial charge in [-0.1, -0.05) is 329 Å². The van der Waals surface area contributed by atoms with Crippen LogP contribution in [0.3, 0.4) is 0 Å². The van der Waals surface area contributed by atoms with E-state index >= 15 is 0 Å². The molecule has 0 aliphatic rings. The number of aliphatic hydroxyl groups is 1. The maximum Gasteiger partial charge on any atom is 0.306 e. The minimum Gasteiger partial charge on any atom is -0.462 e. The zero-order chi connectivity index (χ0) is 57.6. The van der Waals surface area contributed by atoms with Crippen molar-refractivity contribution in [1.82, 2.24) is 0 Å². The molecular formula is C75H130O5. The van der Waals surface area contributed by atoms with Gasteiger partial charge in [0.2, 0.25) is 0 Å². The van der Waals surface area contributed by atoms with E-state index in [0.717, 1.165) is 96.3 Å². The van der Waals surface area contributed by atoms with Gasteiger partial charge < -0.3 is 14.6 Å². The fourth-order valence-electron chi connectivity index (χ4n) is 9.92. The molecule has 0 amide bonds. The number of ether oxygens (including phenoxy) is 2. The normalized spacial score (nSPS) is 12.9. The van der Waals surface area contributed by atoms with E-state index in [0.29, 0.717) is 12.8 Å². The first-order valence-electron chi connectivity index (χ1n) is 34.4. The minimum absolute atomic E-state index is 0.0702. The first-order valence-corrected chi connectivity index (χ1v) is 34.4. The molecule has 5 nitrogen and oxygen atoms in total. The van der Waals surface area contributed by atoms with Crippen LogP contribution in [-0.4, -0.2) is 36.4 Å². The summed E-state index contributed by atoms with van der Waals surface area (Å²) >= 11 is 0. The highest BCUT2D eigenvalue weighted by molar-refractivity contribution is 5.70. The lowest BCUT2D eigenvalue weighted by Gasteiger charge is -2.15. The van der Waals surface area contributed by atoms with E-state index in [2.05, 4.69) is 123 Å². The van der Waals surface area contributed by atoms with Crippen molar-refractivity contribution in [3.8, 4) is 0 Å². The number of unbranched alkanes of at least 4 members (excludes halogenated alkanes) is 37. The molecule has 0 saturated carbocycles. The Morgan fingerprint density at radius 1 is 0.300 bits per heavy atom. The lowest BCUT2D eigenvalue weighted by atomic mass is 10.0. The highest BCUT2D eigenvalue weighted by atomic mass is 16.6. The van der Waals surface area contributed by atoms with E-state index in [1.165, 1.54) is 212 Å². The maximum absolute atomic E-state index is 12.4. The highest BCUT2D eigenvalue weighted by Crippen LogP contribution is 2.18. The summed E-state index contributed by atoms with van der Waals surface area (Å²) in [5.74, 6) is -0.589. The second-order valence-corrected chi connectivity index (χ2v) is 22.9. The van der Waals surface area contributed by atoms with Gasteiger partial charge in [0.1, 0.15) is 6.61 Å². The van der Waals surface area contributed by atoms with Crippen LogP contribution in [0.15, 0.2) is 109 Å². The highest BCUT2D eigenvalue weighted by Gasteiger charge is 2.16. The summed E-state index contributed by atoms with van der Waals surface area (Å²) in [4.78, 5) is 24.6. The Kier molecular flexibility index (Phi) is 66.8. The molecule has 0 bridgehead atoms. The molecule has 0 aliphatic heterocycles. The Labute approximate surface area is 497 Å². The Morgan fingerprint density at radius 3 is 0.812 bits per heavy atom. The average molecular weight is 1110 g/mol. The standard InChI is InChI=1S/C75H130O5/c1-3-5-7-9-11-13-15-17-19-21-23-25-27-29-31-33-35-36-37-38-40-41-43-45-47-49-51-53-55-57-59-61-63-65-67-69-74(77)79-72-73(71-76)80-75(78)70-68-66-64-62-60-58-56-54-52-50-48-46-44-42-39-34-32-30-28-26-24-22-20-18-16-14-12-10-8-6-4-2/h6,8,12,14-15,17-18,20-21,23-24,26,30,32,39,42,46,48,73,76H,3-5,7,9-11,13,16,19,22,25,27-29,31,33-38,40-41,43-45,47,49-72H2,1-2H3/b8-6-,14-12-,17-15-,20-18-,23-21-,26-24-,32-30-,42-39-,48-46-. The first-order chi connectivity index (χ1) is 39.6. The molecule has 1 unspecified atom stereocenters. The predicted molar refractivity (Wildman–Crippen MR) is 352 cm³/mol. The number of allylic oxidation sites excluding steroid dienone is 18. The first kappa shape index (κ1) is 76.6. The molecule has 0 fully saturated rings. The summed E-state index contributed by atoms with van der Waals surface area (Å²) in [6.07, 6.45) is 101. The Hall–Kier alpha value is -3.44. The molecular weight excluding hydrogens is 981 g/mol. The van der Waals surface area contributed by atoms with Crippen LogP contribution in [0, 0.1) is 0 Å². The van der Waals surface area contributed by atoms with E-state index in [1.807, 2.05) is 0 Å².